The summed E-state index contributed by atoms with van der Waals surface area (Å²) in [6.07, 6.45) is 2.04. The molecule has 0 radical (unpaired) electrons. The van der Waals surface area contributed by atoms with E-state index in [1.54, 1.807) is 36.3 Å². The Balaban J connectivity index is 1.55. The highest BCUT2D eigenvalue weighted by molar-refractivity contribution is 5.94. The number of aromatic amines is 1. The van der Waals surface area contributed by atoms with Gasteiger partial charge in [0.25, 0.3) is 0 Å². The maximum Gasteiger partial charge on any atom is 0.417 e. The first-order chi connectivity index (χ1) is 15.9. The highest BCUT2D eigenvalue weighted by Gasteiger charge is 2.37. The van der Waals surface area contributed by atoms with E-state index < -0.39 is 11.7 Å². The standard InChI is InChI=1S/C23H23F3N6O/c1-32-13-15(11-29-32)22-18-9-19(28-12-20(18)30-31-22)17-4-2-3-14(21(17)23(24,25)26)10-27-16-5-7-33-8-6-16/h2-4,9,11-13,16,27H,5-8,10H2,1H3,(H,30,31). The molecule has 4 aromatic rings. The van der Waals surface area contributed by atoms with Gasteiger partial charge < -0.3 is 10.1 Å². The fourth-order valence-electron chi connectivity index (χ4n) is 4.28. The van der Waals surface area contributed by atoms with Gasteiger partial charge in [-0.25, -0.2) is 0 Å². The molecule has 1 fully saturated rings. The topological polar surface area (TPSA) is 80.7 Å². The van der Waals surface area contributed by atoms with Crippen LogP contribution in [0.4, 0.5) is 13.2 Å². The molecule has 2 N–H and O–H groups in total. The number of nitrogens with zero attached hydrogens (tertiary/aromatic N) is 4. The van der Waals surface area contributed by atoms with Crippen molar-refractivity contribution in [3.8, 4) is 22.5 Å². The molecular formula is C23H23F3N6O. The van der Waals surface area contributed by atoms with Gasteiger partial charge in [-0.1, -0.05) is 18.2 Å². The molecule has 1 aliphatic rings. The number of rotatable bonds is 5. The van der Waals surface area contributed by atoms with E-state index in [0.717, 1.165) is 18.4 Å². The number of halogens is 3. The number of fused-ring (bicyclic) bond motifs is 1. The van der Waals surface area contributed by atoms with Crippen LogP contribution in [0.15, 0.2) is 42.9 Å². The minimum Gasteiger partial charge on any atom is -0.381 e. The molecule has 0 saturated carbocycles. The van der Waals surface area contributed by atoms with Crippen molar-refractivity contribution in [1.82, 2.24) is 30.3 Å². The Morgan fingerprint density at radius 3 is 2.76 bits per heavy atom. The highest BCUT2D eigenvalue weighted by atomic mass is 19.4. The summed E-state index contributed by atoms with van der Waals surface area (Å²) in [6.45, 7) is 1.37. The summed E-state index contributed by atoms with van der Waals surface area (Å²) in [5.74, 6) is 0. The molecule has 10 heteroatoms. The van der Waals surface area contributed by atoms with Crippen LogP contribution in [0, 0.1) is 0 Å². The quantitative estimate of drug-likeness (QED) is 0.468. The molecule has 3 aromatic heterocycles. The Labute approximate surface area is 188 Å². The van der Waals surface area contributed by atoms with Crippen molar-refractivity contribution in [2.24, 2.45) is 7.05 Å². The first-order valence-corrected chi connectivity index (χ1v) is 10.7. The Kier molecular flexibility index (Phi) is 5.63. The second kappa shape index (κ2) is 8.60. The predicted molar refractivity (Wildman–Crippen MR) is 117 cm³/mol. The normalized spacial score (nSPS) is 15.4. The molecule has 5 rings (SSSR count). The zero-order chi connectivity index (χ0) is 23.0. The van der Waals surface area contributed by atoms with Crippen molar-refractivity contribution in [3.63, 3.8) is 0 Å². The van der Waals surface area contributed by atoms with E-state index in [1.807, 2.05) is 0 Å². The van der Waals surface area contributed by atoms with Crippen LogP contribution >= 0.6 is 0 Å². The first kappa shape index (κ1) is 21.6. The lowest BCUT2D eigenvalue weighted by molar-refractivity contribution is -0.137. The van der Waals surface area contributed by atoms with E-state index in [4.69, 9.17) is 4.74 Å². The SMILES string of the molecule is Cn1cc(-c2n[nH]c3cnc(-c4cccc(CNC5CCOCC5)c4C(F)(F)F)cc23)cn1. The summed E-state index contributed by atoms with van der Waals surface area (Å²) >= 11 is 0. The van der Waals surface area contributed by atoms with Crippen LogP contribution < -0.4 is 5.32 Å². The summed E-state index contributed by atoms with van der Waals surface area (Å²) < 4.78 is 49.8. The second-order valence-electron chi connectivity index (χ2n) is 8.20. The Hall–Kier alpha value is -3.24. The van der Waals surface area contributed by atoms with E-state index >= 15 is 0 Å². The van der Waals surface area contributed by atoms with Gasteiger partial charge in [-0.05, 0) is 24.5 Å². The van der Waals surface area contributed by atoms with Crippen molar-refractivity contribution in [1.29, 1.82) is 0 Å². The van der Waals surface area contributed by atoms with Gasteiger partial charge in [-0.15, -0.1) is 0 Å². The zero-order valence-electron chi connectivity index (χ0n) is 18.0. The van der Waals surface area contributed by atoms with Crippen LogP contribution in [0.25, 0.3) is 33.4 Å². The molecule has 1 saturated heterocycles. The van der Waals surface area contributed by atoms with Crippen molar-refractivity contribution in [3.05, 3.63) is 54.0 Å². The fraction of sp³-hybridized carbons (Fsp3) is 0.348. The third kappa shape index (κ3) is 4.36. The van der Waals surface area contributed by atoms with Crippen molar-refractivity contribution >= 4 is 10.9 Å². The number of nitrogens with one attached hydrogen (secondary N) is 2. The molecule has 172 valence electrons. The molecule has 0 spiro atoms. The van der Waals surface area contributed by atoms with Crippen molar-refractivity contribution in [2.75, 3.05) is 13.2 Å². The number of hydrogen-bond donors (Lipinski definition) is 2. The molecule has 0 aliphatic carbocycles. The van der Waals surface area contributed by atoms with E-state index in [0.29, 0.717) is 29.8 Å². The van der Waals surface area contributed by atoms with Crippen LogP contribution in [-0.4, -0.2) is 44.2 Å². The molecule has 4 heterocycles. The minimum atomic E-state index is -4.53. The number of aryl methyl sites for hydroxylation is 1. The van der Waals surface area contributed by atoms with Gasteiger partial charge >= 0.3 is 6.18 Å². The van der Waals surface area contributed by atoms with Gasteiger partial charge in [0.2, 0.25) is 0 Å². The van der Waals surface area contributed by atoms with Crippen LogP contribution in [0.5, 0.6) is 0 Å². The number of alkyl halides is 3. The second-order valence-corrected chi connectivity index (χ2v) is 8.20. The van der Waals surface area contributed by atoms with E-state index in [2.05, 4.69) is 25.6 Å². The molecule has 0 unspecified atom stereocenters. The number of aromatic nitrogens is 5. The lowest BCUT2D eigenvalue weighted by Crippen LogP contribution is -2.34. The molecule has 0 amide bonds. The maximum atomic E-state index is 14.3. The van der Waals surface area contributed by atoms with Crippen LogP contribution in [0.2, 0.25) is 0 Å². The predicted octanol–water partition coefficient (Wildman–Crippen LogP) is 4.31. The van der Waals surface area contributed by atoms with Crippen LogP contribution in [0.1, 0.15) is 24.0 Å². The molecule has 0 atom stereocenters. The minimum absolute atomic E-state index is 0.0500. The molecule has 1 aromatic carbocycles. The summed E-state index contributed by atoms with van der Waals surface area (Å²) in [5.41, 5.74) is 1.86. The van der Waals surface area contributed by atoms with Crippen LogP contribution in [-0.2, 0) is 24.5 Å². The molecule has 7 nitrogen and oxygen atoms in total. The van der Waals surface area contributed by atoms with Gasteiger partial charge in [0.1, 0.15) is 5.69 Å². The third-order valence-corrected chi connectivity index (χ3v) is 5.94. The van der Waals surface area contributed by atoms with E-state index in [1.165, 1.54) is 18.3 Å². The van der Waals surface area contributed by atoms with Gasteiger partial charge in [0.15, 0.2) is 0 Å². The van der Waals surface area contributed by atoms with Gasteiger partial charge in [-0.3, -0.25) is 14.8 Å². The van der Waals surface area contributed by atoms with Crippen LogP contribution in [0.3, 0.4) is 0 Å². The van der Waals surface area contributed by atoms with Gasteiger partial charge in [0.05, 0.1) is 29.2 Å². The fourth-order valence-corrected chi connectivity index (χ4v) is 4.28. The van der Waals surface area contributed by atoms with Crippen molar-refractivity contribution in [2.45, 2.75) is 31.6 Å². The third-order valence-electron chi connectivity index (χ3n) is 5.94. The van der Waals surface area contributed by atoms with E-state index in [9.17, 15) is 13.2 Å². The number of hydrogen-bond acceptors (Lipinski definition) is 5. The Bertz CT molecular complexity index is 1270. The smallest absolute Gasteiger partial charge is 0.381 e. The summed E-state index contributed by atoms with van der Waals surface area (Å²) in [5, 5.41) is 15.3. The van der Waals surface area contributed by atoms with Gasteiger partial charge in [-0.2, -0.15) is 23.4 Å². The largest absolute Gasteiger partial charge is 0.417 e. The first-order valence-electron chi connectivity index (χ1n) is 10.7. The molecule has 0 bridgehead atoms. The molecular weight excluding hydrogens is 433 g/mol. The summed E-state index contributed by atoms with van der Waals surface area (Å²) in [4.78, 5) is 4.33. The monoisotopic (exact) mass is 456 g/mol. The van der Waals surface area contributed by atoms with Gasteiger partial charge in [0, 0.05) is 55.6 Å². The summed E-state index contributed by atoms with van der Waals surface area (Å²) in [7, 11) is 1.79. The molecule has 33 heavy (non-hydrogen) atoms. The van der Waals surface area contributed by atoms with E-state index in [-0.39, 0.29) is 29.4 Å². The van der Waals surface area contributed by atoms with Crippen molar-refractivity contribution < 1.29 is 17.9 Å². The zero-order valence-corrected chi connectivity index (χ0v) is 18.0. The molecule has 1 aliphatic heterocycles. The average Bonchev–Trinajstić information content (AvgIpc) is 3.42. The Morgan fingerprint density at radius 2 is 2.03 bits per heavy atom. The number of H-pyrrole nitrogens is 1. The lowest BCUT2D eigenvalue weighted by atomic mass is 9.96. The number of benzene rings is 1. The summed E-state index contributed by atoms with van der Waals surface area (Å²) in [6, 6.07) is 6.44. The number of pyridine rings is 1. The Morgan fingerprint density at radius 1 is 1.21 bits per heavy atom. The maximum absolute atomic E-state index is 14.3. The highest BCUT2D eigenvalue weighted by Crippen LogP contribution is 2.40. The lowest BCUT2D eigenvalue weighted by Gasteiger charge is -2.24. The number of ether oxygens (including phenoxy) is 1. The average molecular weight is 456 g/mol.